The van der Waals surface area contributed by atoms with Crippen LogP contribution in [0.5, 0.6) is 0 Å². The van der Waals surface area contributed by atoms with Crippen LogP contribution < -0.4 is 5.32 Å². The van der Waals surface area contributed by atoms with Gasteiger partial charge < -0.3 is 44.7 Å². The first-order chi connectivity index (χ1) is 39.2. The van der Waals surface area contributed by atoms with Gasteiger partial charge in [0.2, 0.25) is 47.3 Å². The molecule has 0 aliphatic carbocycles. The largest absolute Gasteiger partial charge is 0.390 e. The first-order valence-corrected chi connectivity index (χ1v) is 31.2. The molecule has 12 atom stereocenters. The van der Waals surface area contributed by atoms with Crippen LogP contribution in [0.25, 0.3) is 0 Å². The lowest BCUT2D eigenvalue weighted by Crippen LogP contribution is -2.61. The molecule has 1 aliphatic heterocycles. The van der Waals surface area contributed by atoms with Crippen LogP contribution in [0.2, 0.25) is 0 Å². The molecule has 20 nitrogen and oxygen atoms in total. The van der Waals surface area contributed by atoms with Gasteiger partial charge in [-0.2, -0.15) is 0 Å². The number of nitrogens with zero attached hydrogens (tertiary/aromatic N) is 7. The topological polar surface area (TPSA) is 243 Å². The fraction of sp³-hybridized carbons (Fsp3) is 0.800. The van der Waals surface area contributed by atoms with E-state index in [0.29, 0.717) is 6.42 Å². The lowest BCUT2D eigenvalue weighted by Gasteiger charge is -2.41. The molecule has 85 heavy (non-hydrogen) atoms. The maximum atomic E-state index is 15.2. The zero-order chi connectivity index (χ0) is 66.0. The van der Waals surface area contributed by atoms with Crippen molar-refractivity contribution in [1.82, 2.24) is 39.6 Å². The normalized spacial score (nSPS) is 27.2. The van der Waals surface area contributed by atoms with Gasteiger partial charge in [-0.05, 0) is 93.8 Å². The Balaban J connectivity index is 4.32. The Morgan fingerprint density at radius 3 is 1.36 bits per heavy atom. The highest BCUT2D eigenvalue weighted by molar-refractivity contribution is 5.99. The van der Waals surface area contributed by atoms with Crippen molar-refractivity contribution in [3.8, 4) is 0 Å². The fourth-order valence-electron chi connectivity index (χ4n) is 11.5. The summed E-state index contributed by atoms with van der Waals surface area (Å²) < 4.78 is 0. The Kier molecular flexibility index (Phi) is 32.2. The molecule has 1 unspecified atom stereocenters. The van der Waals surface area contributed by atoms with E-state index < -0.39 is 144 Å². The van der Waals surface area contributed by atoms with Crippen molar-refractivity contribution >= 4 is 64.6 Å². The zero-order valence-electron chi connectivity index (χ0n) is 56.7. The van der Waals surface area contributed by atoms with E-state index in [2.05, 4.69) is 5.32 Å². The van der Waals surface area contributed by atoms with Gasteiger partial charge in [0, 0.05) is 86.3 Å². The van der Waals surface area contributed by atoms with E-state index in [-0.39, 0.29) is 86.1 Å². The number of hydrogen-bond acceptors (Lipinski definition) is 12. The molecule has 20 heteroatoms. The third kappa shape index (κ3) is 22.0. The predicted molar refractivity (Wildman–Crippen MR) is 332 cm³/mol. The molecule has 0 aromatic heterocycles. The van der Waals surface area contributed by atoms with Gasteiger partial charge in [0.05, 0.1) is 24.7 Å². The standard InChI is InChI=1S/C65H114N8O12/c1-25-27-28-43(15)58(78)57-54(76)34-46(26-2)61(81)67(18)36-55(77)68(19)48(29-37(3)4)53(75)35-47(41(11)12)62(82)69(20)49(30-38(5)6)52(74)33-44(16)59(79)66-45(17)60(80)70(21)50(31-39(7)8)63(83)71(22)51(32-40(9)10)64(84)72(23)56(42(13)14)65(85)73(57)24/h25,27,37-51,56-58,78H,26,28-36H2,1-24H3,(H,66,79)/b27-25+/t43-,44-,45-,46-,47+,48+,49+,50+,51+,56?,57-,58-/m1/s1. The van der Waals surface area contributed by atoms with Crippen LogP contribution in [-0.4, -0.2) is 208 Å². The van der Waals surface area contributed by atoms with Crippen molar-refractivity contribution in [1.29, 1.82) is 0 Å². The van der Waals surface area contributed by atoms with Crippen molar-refractivity contribution in [2.75, 3.05) is 55.9 Å². The number of hydrogen-bond donors (Lipinski definition) is 2. The van der Waals surface area contributed by atoms with Gasteiger partial charge in [-0.3, -0.25) is 52.7 Å². The van der Waals surface area contributed by atoms with Gasteiger partial charge in [0.25, 0.3) is 0 Å². The molecule has 8 amide bonds. The molecule has 0 aromatic rings. The Labute approximate surface area is 511 Å². The first kappa shape index (κ1) is 77.5. The van der Waals surface area contributed by atoms with Crippen LogP contribution in [0.1, 0.15) is 175 Å². The minimum atomic E-state index is -1.49. The molecule has 1 aliphatic rings. The van der Waals surface area contributed by atoms with Crippen LogP contribution in [-0.2, 0) is 52.7 Å². The summed E-state index contributed by atoms with van der Waals surface area (Å²) >= 11 is 0. The van der Waals surface area contributed by atoms with Crippen molar-refractivity contribution in [2.24, 2.45) is 59.2 Å². The summed E-state index contributed by atoms with van der Waals surface area (Å²) in [5.74, 6) is -10.7. The quantitative estimate of drug-likeness (QED) is 0.166. The second-order valence-electron chi connectivity index (χ2n) is 27.0. The van der Waals surface area contributed by atoms with E-state index in [0.717, 1.165) is 4.90 Å². The summed E-state index contributed by atoms with van der Waals surface area (Å²) in [4.78, 5) is 170. The molecule has 1 saturated heterocycles. The highest BCUT2D eigenvalue weighted by atomic mass is 16.3. The lowest BCUT2D eigenvalue weighted by atomic mass is 9.84. The highest BCUT2D eigenvalue weighted by Crippen LogP contribution is 2.29. The second-order valence-corrected chi connectivity index (χ2v) is 27.0. The van der Waals surface area contributed by atoms with Gasteiger partial charge in [-0.25, -0.2) is 0 Å². The molecule has 0 radical (unpaired) electrons. The third-order valence-corrected chi connectivity index (χ3v) is 17.1. The number of aliphatic hydroxyl groups is 1. The SMILES string of the molecule is C/C=C/C[C@@H](C)[C@@H](O)[C@H]1C(=O)C[C@@H](CC)C(=O)N(C)CC(=O)N(C)[C@@H](CC(C)C)C(=O)C[C@@H](C(C)C)C(=O)N(C)[C@@H](CC(C)C)C(=O)C[C@@H](C)C(=O)N[C@H](C)C(=O)N(C)[C@@H](CC(C)C)C(=O)N(C)[C@@H](CC(C)C)C(=O)N(C)C(C(C)C)C(=O)N1C. The Bertz CT molecular complexity index is 2320. The predicted octanol–water partition coefficient (Wildman–Crippen LogP) is 6.54. The summed E-state index contributed by atoms with van der Waals surface area (Å²) in [6, 6.07) is -8.09. The van der Waals surface area contributed by atoms with Crippen molar-refractivity contribution in [3.63, 3.8) is 0 Å². The summed E-state index contributed by atoms with van der Waals surface area (Å²) in [5.41, 5.74) is 0. The zero-order valence-corrected chi connectivity index (χ0v) is 56.7. The minimum Gasteiger partial charge on any atom is -0.390 e. The first-order valence-electron chi connectivity index (χ1n) is 31.2. The summed E-state index contributed by atoms with van der Waals surface area (Å²) in [7, 11) is 10.2. The third-order valence-electron chi connectivity index (χ3n) is 17.1. The second kappa shape index (κ2) is 35.3. The molecule has 1 rings (SSSR count). The lowest BCUT2D eigenvalue weighted by molar-refractivity contribution is -0.157. The van der Waals surface area contributed by atoms with E-state index in [1.165, 1.54) is 85.7 Å². The average molecular weight is 1200 g/mol. The van der Waals surface area contributed by atoms with E-state index in [4.69, 9.17) is 0 Å². The van der Waals surface area contributed by atoms with Crippen LogP contribution in [0.4, 0.5) is 0 Å². The number of carbonyl (C=O) groups excluding carboxylic acids is 11. The Morgan fingerprint density at radius 1 is 0.494 bits per heavy atom. The van der Waals surface area contributed by atoms with Gasteiger partial charge in [-0.1, -0.05) is 116 Å². The summed E-state index contributed by atoms with van der Waals surface area (Å²) in [5, 5.41) is 14.9. The molecule has 0 aromatic carbocycles. The number of ketones is 3. The van der Waals surface area contributed by atoms with Gasteiger partial charge in [0.1, 0.15) is 30.2 Å². The summed E-state index contributed by atoms with van der Waals surface area (Å²) in [6.45, 7) is 30.1. The smallest absolute Gasteiger partial charge is 0.246 e. The average Bonchev–Trinajstić information content (AvgIpc) is 3.62. The number of rotatable bonds is 15. The minimum absolute atomic E-state index is 0.0648. The van der Waals surface area contributed by atoms with Crippen LogP contribution in [0.15, 0.2) is 12.2 Å². The number of allylic oxidation sites excluding steroid dienone is 2. The molecule has 0 spiro atoms. The molecule has 1 fully saturated rings. The maximum absolute atomic E-state index is 15.2. The molecule has 0 saturated carbocycles. The molecule has 2 N–H and O–H groups in total. The number of amides is 8. The number of carbonyl (C=O) groups is 11. The number of Topliss-reactive ketones (excluding diaryl/α,β-unsaturated/α-hetero) is 3. The van der Waals surface area contributed by atoms with Gasteiger partial charge >= 0.3 is 0 Å². The Hall–Kier alpha value is -5.53. The van der Waals surface area contributed by atoms with Crippen molar-refractivity contribution < 1.29 is 57.8 Å². The van der Waals surface area contributed by atoms with E-state index in [9.17, 15) is 48.3 Å². The van der Waals surface area contributed by atoms with Crippen LogP contribution >= 0.6 is 0 Å². The van der Waals surface area contributed by atoms with Crippen molar-refractivity contribution in [3.05, 3.63) is 12.2 Å². The monoisotopic (exact) mass is 1200 g/mol. The van der Waals surface area contributed by atoms with E-state index in [1.54, 1.807) is 54.5 Å². The molecular weight excluding hydrogens is 1080 g/mol. The van der Waals surface area contributed by atoms with Crippen molar-refractivity contribution in [2.45, 2.75) is 224 Å². The van der Waals surface area contributed by atoms with E-state index in [1.807, 2.05) is 68.4 Å². The van der Waals surface area contributed by atoms with Gasteiger partial charge in [-0.15, -0.1) is 0 Å². The molecule has 0 bridgehead atoms. The van der Waals surface area contributed by atoms with Gasteiger partial charge in [0.15, 0.2) is 17.3 Å². The molecule has 486 valence electrons. The molecule has 1 heterocycles. The fourth-order valence-corrected chi connectivity index (χ4v) is 11.5. The summed E-state index contributed by atoms with van der Waals surface area (Å²) in [6.07, 6.45) is 2.59. The van der Waals surface area contributed by atoms with E-state index >= 15 is 9.59 Å². The number of aliphatic hydroxyl groups excluding tert-OH is 1. The number of nitrogens with one attached hydrogen (secondary N) is 1. The Morgan fingerprint density at radius 2 is 0.918 bits per heavy atom. The maximum Gasteiger partial charge on any atom is 0.246 e. The van der Waals surface area contributed by atoms with Crippen LogP contribution in [0.3, 0.4) is 0 Å². The number of likely N-dealkylation sites (N-methyl/N-ethyl adjacent to an activating group) is 7. The molecular formula is C65H114N8O12. The van der Waals surface area contributed by atoms with Crippen LogP contribution in [0, 0.1) is 59.2 Å². The highest BCUT2D eigenvalue weighted by Gasteiger charge is 2.45.